The highest BCUT2D eigenvalue weighted by Crippen LogP contribution is 2.15. The third-order valence-corrected chi connectivity index (χ3v) is 2.96. The maximum absolute atomic E-state index is 10.5. The van der Waals surface area contributed by atoms with Crippen molar-refractivity contribution in [3.8, 4) is 0 Å². The summed E-state index contributed by atoms with van der Waals surface area (Å²) in [5.74, 6) is 0. The van der Waals surface area contributed by atoms with Gasteiger partial charge in [0.2, 0.25) is 0 Å². The lowest BCUT2D eigenvalue weighted by Crippen LogP contribution is -2.40. The Kier molecular flexibility index (Phi) is 5.40. The van der Waals surface area contributed by atoms with Crippen molar-refractivity contribution in [2.24, 2.45) is 5.41 Å². The standard InChI is InChI=1S/C11H20N4O4/c1-11(8-16,9-17)7-13(2)3-4-14-6-10(5-12-14)15(18)19/h5-6,16-17H,3-4,7-9H2,1-2H3. The molecule has 108 valence electrons. The van der Waals surface area contributed by atoms with E-state index in [0.29, 0.717) is 19.6 Å². The summed E-state index contributed by atoms with van der Waals surface area (Å²) >= 11 is 0. The minimum atomic E-state index is -0.551. The first-order valence-electron chi connectivity index (χ1n) is 5.97. The number of aromatic nitrogens is 2. The Morgan fingerprint density at radius 1 is 1.53 bits per heavy atom. The van der Waals surface area contributed by atoms with Crippen LogP contribution < -0.4 is 0 Å². The van der Waals surface area contributed by atoms with Gasteiger partial charge >= 0.3 is 5.69 Å². The minimum Gasteiger partial charge on any atom is -0.396 e. The van der Waals surface area contributed by atoms with Gasteiger partial charge in [-0.2, -0.15) is 5.10 Å². The molecule has 0 aliphatic rings. The maximum atomic E-state index is 10.5. The lowest BCUT2D eigenvalue weighted by Gasteiger charge is -2.30. The van der Waals surface area contributed by atoms with Crippen molar-refractivity contribution < 1.29 is 15.1 Å². The second kappa shape index (κ2) is 6.60. The predicted molar refractivity (Wildman–Crippen MR) is 68.7 cm³/mol. The van der Waals surface area contributed by atoms with E-state index in [4.69, 9.17) is 0 Å². The van der Waals surface area contributed by atoms with E-state index in [2.05, 4.69) is 5.10 Å². The highest BCUT2D eigenvalue weighted by Gasteiger charge is 2.24. The number of nitro groups is 1. The van der Waals surface area contributed by atoms with Gasteiger partial charge in [-0.1, -0.05) is 6.92 Å². The van der Waals surface area contributed by atoms with Crippen LogP contribution in [0.15, 0.2) is 12.4 Å². The van der Waals surface area contributed by atoms with Crippen LogP contribution in [0.25, 0.3) is 0 Å². The van der Waals surface area contributed by atoms with Gasteiger partial charge in [-0.05, 0) is 7.05 Å². The zero-order chi connectivity index (χ0) is 14.5. The lowest BCUT2D eigenvalue weighted by molar-refractivity contribution is -0.385. The van der Waals surface area contributed by atoms with Crippen molar-refractivity contribution in [2.45, 2.75) is 13.5 Å². The van der Waals surface area contributed by atoms with Crippen LogP contribution in [0.5, 0.6) is 0 Å². The van der Waals surface area contributed by atoms with Gasteiger partial charge < -0.3 is 15.1 Å². The van der Waals surface area contributed by atoms with Crippen molar-refractivity contribution in [1.29, 1.82) is 0 Å². The van der Waals surface area contributed by atoms with Crippen LogP contribution in [-0.2, 0) is 6.54 Å². The Labute approximate surface area is 111 Å². The van der Waals surface area contributed by atoms with Gasteiger partial charge in [0.05, 0.1) is 24.7 Å². The number of aliphatic hydroxyl groups excluding tert-OH is 2. The van der Waals surface area contributed by atoms with Crippen molar-refractivity contribution in [3.63, 3.8) is 0 Å². The van der Waals surface area contributed by atoms with E-state index in [9.17, 15) is 20.3 Å². The van der Waals surface area contributed by atoms with Crippen molar-refractivity contribution in [1.82, 2.24) is 14.7 Å². The van der Waals surface area contributed by atoms with E-state index >= 15 is 0 Å². The number of aliphatic hydroxyl groups is 2. The van der Waals surface area contributed by atoms with Gasteiger partial charge in [-0.15, -0.1) is 0 Å². The van der Waals surface area contributed by atoms with E-state index in [1.807, 2.05) is 11.9 Å². The lowest BCUT2D eigenvalue weighted by atomic mass is 9.92. The zero-order valence-electron chi connectivity index (χ0n) is 11.2. The number of rotatable bonds is 8. The molecule has 0 radical (unpaired) electrons. The van der Waals surface area contributed by atoms with Crippen LogP contribution in [0, 0.1) is 15.5 Å². The van der Waals surface area contributed by atoms with Crippen LogP contribution in [-0.4, -0.2) is 63.2 Å². The van der Waals surface area contributed by atoms with Crippen molar-refractivity contribution in [2.75, 3.05) is 33.4 Å². The molecule has 1 rings (SSSR count). The second-order valence-electron chi connectivity index (χ2n) is 5.08. The fourth-order valence-corrected chi connectivity index (χ4v) is 1.72. The summed E-state index contributed by atoms with van der Waals surface area (Å²) in [4.78, 5) is 12.0. The van der Waals surface area contributed by atoms with E-state index in [0.717, 1.165) is 0 Å². The molecule has 19 heavy (non-hydrogen) atoms. The summed E-state index contributed by atoms with van der Waals surface area (Å²) in [6, 6.07) is 0. The van der Waals surface area contributed by atoms with Crippen molar-refractivity contribution in [3.05, 3.63) is 22.5 Å². The molecule has 0 amide bonds. The second-order valence-corrected chi connectivity index (χ2v) is 5.08. The Bertz CT molecular complexity index is 417. The van der Waals surface area contributed by atoms with Crippen molar-refractivity contribution >= 4 is 5.69 Å². The summed E-state index contributed by atoms with van der Waals surface area (Å²) in [5, 5.41) is 32.8. The summed E-state index contributed by atoms with van der Waals surface area (Å²) < 4.78 is 1.50. The third kappa shape index (κ3) is 4.58. The first-order valence-corrected chi connectivity index (χ1v) is 5.97. The van der Waals surface area contributed by atoms with E-state index in [-0.39, 0.29) is 18.9 Å². The number of likely N-dealkylation sites (N-methyl/N-ethyl adjacent to an activating group) is 1. The molecule has 8 nitrogen and oxygen atoms in total. The van der Waals surface area contributed by atoms with Gasteiger partial charge in [0.25, 0.3) is 0 Å². The molecule has 1 aromatic rings. The molecule has 0 aromatic carbocycles. The quantitative estimate of drug-likeness (QED) is 0.498. The van der Waals surface area contributed by atoms with Crippen LogP contribution in [0.1, 0.15) is 6.92 Å². The molecule has 0 fully saturated rings. The predicted octanol–water partition coefficient (Wildman–Crippen LogP) is -0.286. The molecular weight excluding hydrogens is 252 g/mol. The van der Waals surface area contributed by atoms with Crippen LogP contribution in [0.2, 0.25) is 0 Å². The fourth-order valence-electron chi connectivity index (χ4n) is 1.72. The third-order valence-electron chi connectivity index (χ3n) is 2.96. The average Bonchev–Trinajstić information content (AvgIpc) is 2.85. The fraction of sp³-hybridized carbons (Fsp3) is 0.727. The highest BCUT2D eigenvalue weighted by molar-refractivity contribution is 5.20. The molecule has 1 heterocycles. The molecule has 0 saturated carbocycles. The monoisotopic (exact) mass is 272 g/mol. The van der Waals surface area contributed by atoms with Gasteiger partial charge in [-0.3, -0.25) is 14.8 Å². The van der Waals surface area contributed by atoms with Gasteiger partial charge in [0.1, 0.15) is 12.4 Å². The smallest absolute Gasteiger partial charge is 0.306 e. The molecule has 0 aliphatic heterocycles. The molecule has 0 spiro atoms. The van der Waals surface area contributed by atoms with E-state index in [1.54, 1.807) is 6.92 Å². The summed E-state index contributed by atoms with van der Waals surface area (Å²) in [5.41, 5.74) is -0.580. The summed E-state index contributed by atoms with van der Waals surface area (Å²) in [6.07, 6.45) is 2.59. The van der Waals surface area contributed by atoms with E-state index in [1.165, 1.54) is 17.1 Å². The number of hydrogen-bond acceptors (Lipinski definition) is 6. The normalized spacial score (nSPS) is 12.1. The maximum Gasteiger partial charge on any atom is 0.306 e. The Morgan fingerprint density at radius 2 is 2.16 bits per heavy atom. The largest absolute Gasteiger partial charge is 0.396 e. The summed E-state index contributed by atoms with van der Waals surface area (Å²) in [6.45, 7) is 3.26. The molecule has 0 unspecified atom stereocenters. The SMILES string of the molecule is CN(CCn1cc([N+](=O)[O-])cn1)CC(C)(CO)CO. The number of nitrogens with zero attached hydrogens (tertiary/aromatic N) is 4. The molecule has 0 atom stereocenters. The Balaban J connectivity index is 2.45. The van der Waals surface area contributed by atoms with Crippen LogP contribution >= 0.6 is 0 Å². The Morgan fingerprint density at radius 3 is 2.63 bits per heavy atom. The summed E-state index contributed by atoms with van der Waals surface area (Å²) in [7, 11) is 1.86. The molecule has 0 bridgehead atoms. The molecule has 0 aliphatic carbocycles. The molecular formula is C11H20N4O4. The topological polar surface area (TPSA) is 105 Å². The van der Waals surface area contributed by atoms with Gasteiger partial charge in [-0.25, -0.2) is 0 Å². The molecule has 0 saturated heterocycles. The van der Waals surface area contributed by atoms with E-state index < -0.39 is 10.3 Å². The molecule has 1 aromatic heterocycles. The average molecular weight is 272 g/mol. The molecule has 2 N–H and O–H groups in total. The van der Waals surface area contributed by atoms with Crippen LogP contribution in [0.4, 0.5) is 5.69 Å². The first kappa shape index (κ1) is 15.5. The van der Waals surface area contributed by atoms with Gasteiger partial charge in [0.15, 0.2) is 0 Å². The molecule has 8 heteroatoms. The first-order chi connectivity index (χ1) is 8.90. The van der Waals surface area contributed by atoms with Gasteiger partial charge in [0, 0.05) is 18.5 Å². The minimum absolute atomic E-state index is 0.0294. The van der Waals surface area contributed by atoms with Crippen LogP contribution in [0.3, 0.4) is 0 Å². The Hall–Kier alpha value is -1.51. The zero-order valence-corrected chi connectivity index (χ0v) is 11.2. The highest BCUT2D eigenvalue weighted by atomic mass is 16.6. The number of hydrogen-bond donors (Lipinski definition) is 2.